The molecule has 1 saturated carbocycles. The molecule has 2 fully saturated rings. The Labute approximate surface area is 154 Å². The zero-order valence-electron chi connectivity index (χ0n) is 15.6. The van der Waals surface area contributed by atoms with Gasteiger partial charge in [0, 0.05) is 38.3 Å². The number of benzene rings is 1. The van der Waals surface area contributed by atoms with Gasteiger partial charge in [-0.2, -0.15) is 0 Å². The van der Waals surface area contributed by atoms with E-state index in [1.807, 2.05) is 6.07 Å². The molecule has 0 bridgehead atoms. The fraction of sp³-hybridized carbons (Fsp3) is 0.650. The van der Waals surface area contributed by atoms with Gasteiger partial charge < -0.3 is 15.2 Å². The van der Waals surface area contributed by atoms with Crippen LogP contribution in [0.1, 0.15) is 37.7 Å². The highest BCUT2D eigenvalue weighted by Crippen LogP contribution is 2.30. The highest BCUT2D eigenvalue weighted by molar-refractivity contribution is 5.89. The fourth-order valence-electron chi connectivity index (χ4n) is 4.31. The van der Waals surface area contributed by atoms with Crippen LogP contribution in [0.4, 0.5) is 10.2 Å². The predicted octanol–water partition coefficient (Wildman–Crippen LogP) is 3.30. The van der Waals surface area contributed by atoms with Crippen LogP contribution < -0.4 is 10.6 Å². The van der Waals surface area contributed by atoms with Gasteiger partial charge in [0.15, 0.2) is 11.4 Å². The Morgan fingerprint density at radius 3 is 2.62 bits per heavy atom. The van der Waals surface area contributed by atoms with Gasteiger partial charge in [-0.15, -0.1) is 0 Å². The number of piperazine rings is 1. The van der Waals surface area contributed by atoms with Crippen LogP contribution in [0.3, 0.4) is 0 Å². The number of halogens is 1. The summed E-state index contributed by atoms with van der Waals surface area (Å²) in [5, 5.41) is 5.12. The van der Waals surface area contributed by atoms with E-state index in [0.717, 1.165) is 43.3 Å². The average molecular weight is 360 g/mol. The third-order valence-corrected chi connectivity index (χ3v) is 6.15. The van der Waals surface area contributed by atoms with Crippen LogP contribution in [0, 0.1) is 18.7 Å². The molecular weight excluding hydrogens is 331 g/mol. The Hall–Kier alpha value is -1.66. The molecule has 1 aliphatic carbocycles. The number of hydrogen-bond acceptors (Lipinski definition) is 5. The summed E-state index contributed by atoms with van der Waals surface area (Å²) in [4.78, 5) is 4.82. The monoisotopic (exact) mass is 360 g/mol. The van der Waals surface area contributed by atoms with Gasteiger partial charge >= 0.3 is 0 Å². The molecule has 2 heterocycles. The van der Waals surface area contributed by atoms with Gasteiger partial charge in [-0.3, -0.25) is 4.90 Å². The molecule has 1 saturated heterocycles. The number of aryl methyl sites for hydroxylation is 1. The summed E-state index contributed by atoms with van der Waals surface area (Å²) in [5.41, 5.74) is 7.17. The molecule has 0 atom stereocenters. The summed E-state index contributed by atoms with van der Waals surface area (Å²) in [6.45, 7) is 6.92. The van der Waals surface area contributed by atoms with Crippen LogP contribution in [-0.2, 0) is 0 Å². The second-order valence-electron chi connectivity index (χ2n) is 8.00. The lowest BCUT2D eigenvalue weighted by atomic mass is 9.84. The maximum absolute atomic E-state index is 13.7. The molecule has 6 heteroatoms. The van der Waals surface area contributed by atoms with Crippen LogP contribution in [0.15, 0.2) is 16.7 Å². The van der Waals surface area contributed by atoms with Crippen LogP contribution in [0.25, 0.3) is 11.0 Å². The van der Waals surface area contributed by atoms with Crippen LogP contribution >= 0.6 is 0 Å². The van der Waals surface area contributed by atoms with E-state index in [0.29, 0.717) is 17.2 Å². The Morgan fingerprint density at radius 2 is 1.88 bits per heavy atom. The molecule has 2 N–H and O–H groups in total. The van der Waals surface area contributed by atoms with Crippen molar-refractivity contribution in [1.29, 1.82) is 0 Å². The van der Waals surface area contributed by atoms with Crippen LogP contribution in [-0.4, -0.2) is 48.8 Å². The molecule has 1 aromatic carbocycles. The van der Waals surface area contributed by atoms with E-state index in [9.17, 15) is 4.39 Å². The predicted molar refractivity (Wildman–Crippen MR) is 102 cm³/mol. The minimum Gasteiger partial charge on any atom is -0.354 e. The van der Waals surface area contributed by atoms with Crippen molar-refractivity contribution < 1.29 is 8.91 Å². The van der Waals surface area contributed by atoms with Gasteiger partial charge in [0.25, 0.3) is 0 Å². The van der Waals surface area contributed by atoms with E-state index >= 15 is 0 Å². The van der Waals surface area contributed by atoms with Gasteiger partial charge in [-0.25, -0.2) is 4.39 Å². The van der Waals surface area contributed by atoms with E-state index in [-0.39, 0.29) is 5.82 Å². The lowest BCUT2D eigenvalue weighted by Gasteiger charge is -2.36. The molecule has 0 amide bonds. The van der Waals surface area contributed by atoms with Crippen molar-refractivity contribution in [3.8, 4) is 0 Å². The van der Waals surface area contributed by atoms with E-state index in [1.165, 1.54) is 44.7 Å². The molecule has 2 aliphatic rings. The van der Waals surface area contributed by atoms with Crippen molar-refractivity contribution >= 4 is 16.8 Å². The normalized spacial score (nSPS) is 25.1. The van der Waals surface area contributed by atoms with Gasteiger partial charge in [-0.1, -0.05) is 5.16 Å². The number of nitrogens with zero attached hydrogens (tertiary/aromatic N) is 3. The van der Waals surface area contributed by atoms with Crippen molar-refractivity contribution in [1.82, 2.24) is 10.1 Å². The minimum absolute atomic E-state index is 0.242. The highest BCUT2D eigenvalue weighted by Gasteiger charge is 2.24. The second-order valence-corrected chi connectivity index (χ2v) is 8.00. The topological polar surface area (TPSA) is 58.5 Å². The summed E-state index contributed by atoms with van der Waals surface area (Å²) in [5.74, 6) is 1.46. The first kappa shape index (κ1) is 17.7. The summed E-state index contributed by atoms with van der Waals surface area (Å²) < 4.78 is 19.0. The maximum Gasteiger partial charge on any atom is 0.180 e. The zero-order chi connectivity index (χ0) is 18.1. The van der Waals surface area contributed by atoms with Crippen LogP contribution in [0.5, 0.6) is 0 Å². The minimum atomic E-state index is -0.242. The van der Waals surface area contributed by atoms with Crippen molar-refractivity contribution in [2.75, 3.05) is 37.6 Å². The fourth-order valence-corrected chi connectivity index (χ4v) is 4.31. The van der Waals surface area contributed by atoms with Crippen molar-refractivity contribution in [2.45, 2.75) is 45.1 Å². The van der Waals surface area contributed by atoms with E-state index < -0.39 is 0 Å². The summed E-state index contributed by atoms with van der Waals surface area (Å²) in [7, 11) is 0. The number of nitrogens with two attached hydrogens (primary N) is 1. The lowest BCUT2D eigenvalue weighted by Crippen LogP contribution is -2.47. The number of aromatic nitrogens is 1. The van der Waals surface area contributed by atoms with Crippen molar-refractivity contribution in [3.05, 3.63) is 23.5 Å². The Bertz CT molecular complexity index is 746. The Kier molecular flexibility index (Phi) is 5.14. The molecule has 26 heavy (non-hydrogen) atoms. The third-order valence-electron chi connectivity index (χ3n) is 6.15. The van der Waals surface area contributed by atoms with Crippen molar-refractivity contribution in [2.24, 2.45) is 11.7 Å². The molecule has 0 spiro atoms. The molecule has 1 aliphatic heterocycles. The number of rotatable bonds is 4. The first-order chi connectivity index (χ1) is 12.6. The summed E-state index contributed by atoms with van der Waals surface area (Å²) in [6.07, 6.45) is 6.26. The molecule has 5 nitrogen and oxygen atoms in total. The van der Waals surface area contributed by atoms with Crippen molar-refractivity contribution in [3.63, 3.8) is 0 Å². The van der Waals surface area contributed by atoms with Gasteiger partial charge in [-0.05, 0) is 63.1 Å². The number of hydrogen-bond donors (Lipinski definition) is 1. The maximum atomic E-state index is 13.7. The van der Waals surface area contributed by atoms with Crippen LogP contribution in [0.2, 0.25) is 0 Å². The lowest BCUT2D eigenvalue weighted by molar-refractivity contribution is 0.216. The second kappa shape index (κ2) is 7.53. The molecule has 0 radical (unpaired) electrons. The molecule has 1 aromatic heterocycles. The third kappa shape index (κ3) is 3.71. The van der Waals surface area contributed by atoms with E-state index in [2.05, 4.69) is 15.0 Å². The average Bonchev–Trinajstić information content (AvgIpc) is 3.05. The molecule has 142 valence electrons. The van der Waals surface area contributed by atoms with E-state index in [4.69, 9.17) is 10.3 Å². The zero-order valence-corrected chi connectivity index (χ0v) is 15.6. The van der Waals surface area contributed by atoms with Gasteiger partial charge in [0.2, 0.25) is 0 Å². The number of anilines is 1. The SMILES string of the molecule is Cc1cc2c(N3CCN(CC[C@H]4CC[C@H](N)CC4)CC3)noc2cc1F. The standard InChI is InChI=1S/C20H29FN4O/c1-14-12-17-19(13-18(14)21)26-23-20(17)25-10-8-24(9-11-25)7-6-15-2-4-16(22)5-3-15/h12-13,15-16H,2-11,22H2,1H3/t15-,16-. The largest absolute Gasteiger partial charge is 0.354 e. The van der Waals surface area contributed by atoms with Gasteiger partial charge in [0.1, 0.15) is 5.82 Å². The molecular formula is C20H29FN4O. The number of fused-ring (bicyclic) bond motifs is 1. The molecule has 4 rings (SSSR count). The van der Waals surface area contributed by atoms with E-state index in [1.54, 1.807) is 6.92 Å². The smallest absolute Gasteiger partial charge is 0.180 e. The Balaban J connectivity index is 1.32. The summed E-state index contributed by atoms with van der Waals surface area (Å²) in [6, 6.07) is 3.72. The molecule has 0 unspecified atom stereocenters. The summed E-state index contributed by atoms with van der Waals surface area (Å²) >= 11 is 0. The Morgan fingerprint density at radius 1 is 1.15 bits per heavy atom. The first-order valence-corrected chi connectivity index (χ1v) is 9.88. The van der Waals surface area contributed by atoms with Gasteiger partial charge in [0.05, 0.1) is 5.39 Å². The molecule has 2 aromatic rings. The quantitative estimate of drug-likeness (QED) is 0.906. The first-order valence-electron chi connectivity index (χ1n) is 9.88. The highest BCUT2D eigenvalue weighted by atomic mass is 19.1.